The third kappa shape index (κ3) is 5.04. The zero-order valence-electron chi connectivity index (χ0n) is 14.2. The van der Waals surface area contributed by atoms with Gasteiger partial charge in [0.15, 0.2) is 0 Å². The molecule has 1 heterocycles. The van der Waals surface area contributed by atoms with Crippen LogP contribution >= 0.6 is 0 Å². The van der Waals surface area contributed by atoms with E-state index in [1.54, 1.807) is 0 Å². The second kappa shape index (κ2) is 7.79. The predicted octanol–water partition coefficient (Wildman–Crippen LogP) is 3.91. The van der Waals surface area contributed by atoms with E-state index in [2.05, 4.69) is 37.9 Å². The van der Waals surface area contributed by atoms with Crippen LogP contribution in [0.2, 0.25) is 0 Å². The molecule has 0 bridgehead atoms. The molecule has 2 aliphatic rings. The number of nitrogens with one attached hydrogen (secondary N) is 1. The Labute approximate surface area is 126 Å². The first kappa shape index (κ1) is 16.3. The normalized spacial score (nSPS) is 36.5. The highest BCUT2D eigenvalue weighted by Crippen LogP contribution is 2.30. The van der Waals surface area contributed by atoms with E-state index in [-0.39, 0.29) is 0 Å². The molecule has 20 heavy (non-hydrogen) atoms. The van der Waals surface area contributed by atoms with E-state index < -0.39 is 0 Å². The van der Waals surface area contributed by atoms with Crippen LogP contribution in [0.3, 0.4) is 0 Å². The minimum Gasteiger partial charge on any atom is -0.311 e. The van der Waals surface area contributed by atoms with Gasteiger partial charge in [0.2, 0.25) is 0 Å². The molecule has 0 radical (unpaired) electrons. The molecule has 0 amide bonds. The third-order valence-corrected chi connectivity index (χ3v) is 5.50. The highest BCUT2D eigenvalue weighted by atomic mass is 15.2. The molecule has 2 heteroatoms. The van der Waals surface area contributed by atoms with Gasteiger partial charge >= 0.3 is 0 Å². The van der Waals surface area contributed by atoms with Gasteiger partial charge in [-0.25, -0.2) is 0 Å². The summed E-state index contributed by atoms with van der Waals surface area (Å²) < 4.78 is 0. The average molecular weight is 280 g/mol. The Bertz CT molecular complexity index is 269. The van der Waals surface area contributed by atoms with Crippen molar-refractivity contribution in [1.82, 2.24) is 10.2 Å². The van der Waals surface area contributed by atoms with E-state index in [4.69, 9.17) is 0 Å². The molecule has 1 saturated carbocycles. The van der Waals surface area contributed by atoms with Crippen LogP contribution in [0.5, 0.6) is 0 Å². The van der Waals surface area contributed by atoms with Crippen LogP contribution < -0.4 is 5.32 Å². The van der Waals surface area contributed by atoms with Crippen molar-refractivity contribution in [2.24, 2.45) is 17.8 Å². The first-order chi connectivity index (χ1) is 9.54. The van der Waals surface area contributed by atoms with Gasteiger partial charge in [0.1, 0.15) is 0 Å². The maximum Gasteiger partial charge on any atom is 0.0198 e. The lowest BCUT2D eigenvalue weighted by molar-refractivity contribution is 0.118. The lowest BCUT2D eigenvalue weighted by atomic mass is 9.81. The van der Waals surface area contributed by atoms with E-state index in [1.807, 2.05) is 0 Å². The summed E-state index contributed by atoms with van der Waals surface area (Å²) in [7, 11) is 0. The molecule has 2 unspecified atom stereocenters. The molecule has 2 nitrogen and oxygen atoms in total. The second-order valence-corrected chi connectivity index (χ2v) is 7.99. The van der Waals surface area contributed by atoms with E-state index in [9.17, 15) is 0 Å². The summed E-state index contributed by atoms with van der Waals surface area (Å²) in [6.45, 7) is 13.3. The number of piperazine rings is 1. The Morgan fingerprint density at radius 1 is 1.10 bits per heavy atom. The van der Waals surface area contributed by atoms with Gasteiger partial charge in [0.05, 0.1) is 0 Å². The lowest BCUT2D eigenvalue weighted by Crippen LogP contribution is -2.56. The summed E-state index contributed by atoms with van der Waals surface area (Å²) in [6, 6.07) is 1.44. The van der Waals surface area contributed by atoms with Crippen molar-refractivity contribution >= 4 is 0 Å². The molecule has 118 valence electrons. The van der Waals surface area contributed by atoms with Crippen molar-refractivity contribution in [2.45, 2.75) is 78.3 Å². The van der Waals surface area contributed by atoms with Crippen LogP contribution in [0.25, 0.3) is 0 Å². The van der Waals surface area contributed by atoms with Gasteiger partial charge in [0, 0.05) is 25.2 Å². The van der Waals surface area contributed by atoms with Crippen LogP contribution in [0, 0.1) is 17.8 Å². The first-order valence-corrected chi connectivity index (χ1v) is 9.02. The summed E-state index contributed by atoms with van der Waals surface area (Å²) in [4.78, 5) is 2.75. The molecule has 2 rings (SSSR count). The standard InChI is InChI=1S/C18H36N2/c1-14(2)11-18-13-20(16(4)12-19-18)10-9-17-7-5-15(3)6-8-17/h14-19H,5-13H2,1-4H3. The zero-order valence-corrected chi connectivity index (χ0v) is 14.2. The predicted molar refractivity (Wildman–Crippen MR) is 88.0 cm³/mol. The van der Waals surface area contributed by atoms with Crippen molar-refractivity contribution in [3.63, 3.8) is 0 Å². The van der Waals surface area contributed by atoms with Gasteiger partial charge in [0.25, 0.3) is 0 Å². The van der Waals surface area contributed by atoms with Gasteiger partial charge in [-0.3, -0.25) is 4.90 Å². The van der Waals surface area contributed by atoms with Crippen LogP contribution in [0.15, 0.2) is 0 Å². The molecular weight excluding hydrogens is 244 g/mol. The molecule has 1 aliphatic heterocycles. The molecular formula is C18H36N2. The van der Waals surface area contributed by atoms with E-state index >= 15 is 0 Å². The fraction of sp³-hybridized carbons (Fsp3) is 1.00. The smallest absolute Gasteiger partial charge is 0.0198 e. The van der Waals surface area contributed by atoms with E-state index in [0.717, 1.165) is 29.8 Å². The molecule has 1 saturated heterocycles. The fourth-order valence-corrected chi connectivity index (χ4v) is 4.00. The summed E-state index contributed by atoms with van der Waals surface area (Å²) >= 11 is 0. The van der Waals surface area contributed by atoms with Crippen molar-refractivity contribution < 1.29 is 0 Å². The molecule has 1 aliphatic carbocycles. The average Bonchev–Trinajstić information content (AvgIpc) is 2.40. The Morgan fingerprint density at radius 3 is 2.45 bits per heavy atom. The van der Waals surface area contributed by atoms with Crippen LogP contribution in [0.1, 0.15) is 66.2 Å². The minimum atomic E-state index is 0.720. The largest absolute Gasteiger partial charge is 0.311 e. The molecule has 1 N–H and O–H groups in total. The summed E-state index contributed by atoms with van der Waals surface area (Å²) in [5.74, 6) is 2.80. The van der Waals surface area contributed by atoms with Crippen molar-refractivity contribution in [1.29, 1.82) is 0 Å². The summed E-state index contributed by atoms with van der Waals surface area (Å²) in [6.07, 6.45) is 8.67. The van der Waals surface area contributed by atoms with Gasteiger partial charge in [-0.2, -0.15) is 0 Å². The Hall–Kier alpha value is -0.0800. The first-order valence-electron chi connectivity index (χ1n) is 9.02. The van der Waals surface area contributed by atoms with Gasteiger partial charge in [-0.05, 0) is 44.1 Å². The SMILES string of the molecule is CC(C)CC1CN(CCC2CCC(C)CC2)C(C)CN1. The van der Waals surface area contributed by atoms with Gasteiger partial charge < -0.3 is 5.32 Å². The topological polar surface area (TPSA) is 15.3 Å². The van der Waals surface area contributed by atoms with E-state index in [1.165, 1.54) is 58.2 Å². The van der Waals surface area contributed by atoms with Gasteiger partial charge in [-0.1, -0.05) is 46.5 Å². The third-order valence-electron chi connectivity index (χ3n) is 5.50. The van der Waals surface area contributed by atoms with Crippen LogP contribution in [-0.2, 0) is 0 Å². The Morgan fingerprint density at radius 2 is 1.80 bits per heavy atom. The monoisotopic (exact) mass is 280 g/mol. The Kier molecular flexibility index (Phi) is 6.35. The highest BCUT2D eigenvalue weighted by Gasteiger charge is 2.26. The molecule has 0 spiro atoms. The fourth-order valence-electron chi connectivity index (χ4n) is 4.00. The van der Waals surface area contributed by atoms with Crippen LogP contribution in [-0.4, -0.2) is 36.6 Å². The molecule has 0 aromatic heterocycles. The van der Waals surface area contributed by atoms with Crippen LogP contribution in [0.4, 0.5) is 0 Å². The van der Waals surface area contributed by atoms with Crippen molar-refractivity contribution in [3.8, 4) is 0 Å². The molecule has 0 aromatic carbocycles. The highest BCUT2D eigenvalue weighted by molar-refractivity contribution is 4.85. The molecule has 2 fully saturated rings. The molecule has 2 atom stereocenters. The maximum absolute atomic E-state index is 3.73. The number of nitrogens with zero attached hydrogens (tertiary/aromatic N) is 1. The van der Waals surface area contributed by atoms with Crippen molar-refractivity contribution in [3.05, 3.63) is 0 Å². The Balaban J connectivity index is 1.72. The number of hydrogen-bond acceptors (Lipinski definition) is 2. The van der Waals surface area contributed by atoms with Crippen molar-refractivity contribution in [2.75, 3.05) is 19.6 Å². The summed E-state index contributed by atoms with van der Waals surface area (Å²) in [5.41, 5.74) is 0. The second-order valence-electron chi connectivity index (χ2n) is 7.99. The number of hydrogen-bond donors (Lipinski definition) is 1. The van der Waals surface area contributed by atoms with Gasteiger partial charge in [-0.15, -0.1) is 0 Å². The van der Waals surface area contributed by atoms with E-state index in [0.29, 0.717) is 0 Å². The quantitative estimate of drug-likeness (QED) is 0.821. The maximum atomic E-state index is 3.73. The number of rotatable bonds is 5. The molecule has 0 aromatic rings. The minimum absolute atomic E-state index is 0.720. The lowest BCUT2D eigenvalue weighted by Gasteiger charge is -2.40. The summed E-state index contributed by atoms with van der Waals surface area (Å²) in [5, 5.41) is 3.73. The zero-order chi connectivity index (χ0) is 14.5.